The highest BCUT2D eigenvalue weighted by Crippen LogP contribution is 2.50. The predicted molar refractivity (Wildman–Crippen MR) is 83.0 cm³/mol. The van der Waals surface area contributed by atoms with Crippen LogP contribution in [0.5, 0.6) is 0 Å². The molecule has 0 aromatic rings. The minimum Gasteiger partial charge on any atom is -0.463 e. The van der Waals surface area contributed by atoms with Gasteiger partial charge < -0.3 is 18.9 Å². The van der Waals surface area contributed by atoms with E-state index in [9.17, 15) is 4.79 Å². The summed E-state index contributed by atoms with van der Waals surface area (Å²) in [6.07, 6.45) is 6.82. The number of ether oxygens (including phenoxy) is 4. The standard InChI is InChI=1S/C18H28O5/c1-17-5-3-12(9-14(17)22-17)11-20-7-8-21-16(19)13-4-6-18(2)15(10-13)23-18/h12-15H,3-11H2,1-2H3. The van der Waals surface area contributed by atoms with Gasteiger partial charge in [-0.25, -0.2) is 0 Å². The van der Waals surface area contributed by atoms with Crippen molar-refractivity contribution < 1.29 is 23.7 Å². The van der Waals surface area contributed by atoms with E-state index in [-0.39, 0.29) is 29.2 Å². The Morgan fingerprint density at radius 3 is 2.43 bits per heavy atom. The van der Waals surface area contributed by atoms with E-state index in [0.29, 0.717) is 25.2 Å². The molecule has 0 spiro atoms. The molecule has 4 fully saturated rings. The summed E-state index contributed by atoms with van der Waals surface area (Å²) in [4.78, 5) is 12.1. The van der Waals surface area contributed by atoms with Crippen LogP contribution in [-0.2, 0) is 23.7 Å². The Labute approximate surface area is 138 Å². The second kappa shape index (κ2) is 5.71. The van der Waals surface area contributed by atoms with Crippen molar-refractivity contribution in [2.75, 3.05) is 19.8 Å². The molecule has 0 N–H and O–H groups in total. The fourth-order valence-corrected chi connectivity index (χ4v) is 4.30. The fourth-order valence-electron chi connectivity index (χ4n) is 4.30. The number of esters is 1. The second-order valence-electron chi connectivity index (χ2n) is 8.19. The van der Waals surface area contributed by atoms with Crippen LogP contribution in [0.2, 0.25) is 0 Å². The number of epoxide rings is 2. The summed E-state index contributed by atoms with van der Waals surface area (Å²) in [7, 11) is 0. The van der Waals surface area contributed by atoms with Gasteiger partial charge in [0.15, 0.2) is 0 Å². The molecule has 2 saturated heterocycles. The van der Waals surface area contributed by atoms with E-state index in [4.69, 9.17) is 18.9 Å². The number of hydrogen-bond acceptors (Lipinski definition) is 5. The Hall–Kier alpha value is -0.650. The van der Waals surface area contributed by atoms with Crippen LogP contribution in [0, 0.1) is 11.8 Å². The van der Waals surface area contributed by atoms with Crippen molar-refractivity contribution in [1.82, 2.24) is 0 Å². The Bertz CT molecular complexity index is 480. The van der Waals surface area contributed by atoms with Crippen LogP contribution in [0.15, 0.2) is 0 Å². The SMILES string of the molecule is CC12CCC(COCCOC(=O)C3CCC4(C)OC4C3)CC1O2. The van der Waals surface area contributed by atoms with Crippen molar-refractivity contribution in [2.45, 2.75) is 75.8 Å². The molecule has 0 amide bonds. The van der Waals surface area contributed by atoms with E-state index >= 15 is 0 Å². The van der Waals surface area contributed by atoms with E-state index in [1.165, 1.54) is 6.42 Å². The third kappa shape index (κ3) is 3.28. The monoisotopic (exact) mass is 324 g/mol. The van der Waals surface area contributed by atoms with E-state index < -0.39 is 0 Å². The summed E-state index contributed by atoms with van der Waals surface area (Å²) in [5.74, 6) is 0.527. The molecule has 6 atom stereocenters. The smallest absolute Gasteiger partial charge is 0.309 e. The maximum absolute atomic E-state index is 12.1. The van der Waals surface area contributed by atoms with E-state index in [1.54, 1.807) is 0 Å². The van der Waals surface area contributed by atoms with Crippen LogP contribution in [0.3, 0.4) is 0 Å². The molecule has 0 aromatic carbocycles. The average molecular weight is 324 g/mol. The average Bonchev–Trinajstić information content (AvgIpc) is 3.38. The maximum Gasteiger partial charge on any atom is 0.309 e. The first-order valence-electron chi connectivity index (χ1n) is 9.08. The molecule has 2 heterocycles. The van der Waals surface area contributed by atoms with Gasteiger partial charge in [0.1, 0.15) is 6.61 Å². The lowest BCUT2D eigenvalue weighted by Gasteiger charge is -2.22. The summed E-state index contributed by atoms with van der Waals surface area (Å²) >= 11 is 0. The van der Waals surface area contributed by atoms with Gasteiger partial charge in [0.05, 0.1) is 35.9 Å². The molecule has 2 aliphatic carbocycles. The Balaban J connectivity index is 1.07. The molecule has 0 bridgehead atoms. The first-order valence-corrected chi connectivity index (χ1v) is 9.08. The van der Waals surface area contributed by atoms with Gasteiger partial charge in [0, 0.05) is 6.61 Å². The highest BCUT2D eigenvalue weighted by atomic mass is 16.6. The zero-order chi connectivity index (χ0) is 16.1. The van der Waals surface area contributed by atoms with Gasteiger partial charge in [-0.3, -0.25) is 4.79 Å². The van der Waals surface area contributed by atoms with Gasteiger partial charge in [-0.05, 0) is 58.3 Å². The number of carbonyl (C=O) groups excluding carboxylic acids is 1. The lowest BCUT2D eigenvalue weighted by molar-refractivity contribution is -0.151. The highest BCUT2D eigenvalue weighted by Gasteiger charge is 2.56. The normalized spacial score (nSPS) is 47.4. The van der Waals surface area contributed by atoms with Gasteiger partial charge in [-0.15, -0.1) is 0 Å². The van der Waals surface area contributed by atoms with Gasteiger partial charge in [-0.2, -0.15) is 0 Å². The Morgan fingerprint density at radius 2 is 1.74 bits per heavy atom. The summed E-state index contributed by atoms with van der Waals surface area (Å²) in [5.41, 5.74) is 0.231. The van der Waals surface area contributed by atoms with E-state index in [1.807, 2.05) is 0 Å². The molecule has 5 nitrogen and oxygen atoms in total. The number of carbonyl (C=O) groups is 1. The van der Waals surface area contributed by atoms with Crippen LogP contribution in [0.25, 0.3) is 0 Å². The van der Waals surface area contributed by atoms with Crippen molar-refractivity contribution >= 4 is 5.97 Å². The van der Waals surface area contributed by atoms with Crippen molar-refractivity contribution in [2.24, 2.45) is 11.8 Å². The quantitative estimate of drug-likeness (QED) is 0.427. The molecule has 2 aliphatic heterocycles. The van der Waals surface area contributed by atoms with Gasteiger partial charge >= 0.3 is 5.97 Å². The van der Waals surface area contributed by atoms with Crippen LogP contribution in [0.1, 0.15) is 52.4 Å². The summed E-state index contributed by atoms with van der Waals surface area (Å²) in [6, 6.07) is 0. The minimum atomic E-state index is -0.0778. The van der Waals surface area contributed by atoms with E-state index in [0.717, 1.165) is 38.7 Å². The van der Waals surface area contributed by atoms with Crippen LogP contribution >= 0.6 is 0 Å². The van der Waals surface area contributed by atoms with Gasteiger partial charge in [-0.1, -0.05) is 0 Å². The fraction of sp³-hybridized carbons (Fsp3) is 0.944. The lowest BCUT2D eigenvalue weighted by atomic mass is 9.83. The molecule has 23 heavy (non-hydrogen) atoms. The molecule has 6 unspecified atom stereocenters. The van der Waals surface area contributed by atoms with E-state index in [2.05, 4.69) is 13.8 Å². The van der Waals surface area contributed by atoms with Crippen LogP contribution in [0.4, 0.5) is 0 Å². The molecule has 0 radical (unpaired) electrons. The van der Waals surface area contributed by atoms with Crippen molar-refractivity contribution in [1.29, 1.82) is 0 Å². The van der Waals surface area contributed by atoms with Crippen molar-refractivity contribution in [3.05, 3.63) is 0 Å². The highest BCUT2D eigenvalue weighted by molar-refractivity contribution is 5.72. The number of rotatable bonds is 6. The third-order valence-corrected chi connectivity index (χ3v) is 6.31. The Kier molecular flexibility index (Phi) is 3.94. The second-order valence-corrected chi connectivity index (χ2v) is 8.19. The molecule has 4 rings (SSSR count). The van der Waals surface area contributed by atoms with Crippen LogP contribution in [-0.4, -0.2) is 49.2 Å². The first-order chi connectivity index (χ1) is 11.0. The minimum absolute atomic E-state index is 0.0126. The molecule has 4 aliphatic rings. The van der Waals surface area contributed by atoms with Crippen molar-refractivity contribution in [3.63, 3.8) is 0 Å². The molecule has 130 valence electrons. The molecular weight excluding hydrogens is 296 g/mol. The summed E-state index contributed by atoms with van der Waals surface area (Å²) in [6.45, 7) is 5.95. The zero-order valence-electron chi connectivity index (χ0n) is 14.2. The molecule has 0 aromatic heterocycles. The molecular formula is C18H28O5. The summed E-state index contributed by atoms with van der Waals surface area (Å²) < 4.78 is 22.4. The first kappa shape index (κ1) is 15.9. The third-order valence-electron chi connectivity index (χ3n) is 6.31. The largest absolute Gasteiger partial charge is 0.463 e. The van der Waals surface area contributed by atoms with Crippen LogP contribution < -0.4 is 0 Å². The molecule has 2 saturated carbocycles. The summed E-state index contributed by atoms with van der Waals surface area (Å²) in [5, 5.41) is 0. The number of hydrogen-bond donors (Lipinski definition) is 0. The van der Waals surface area contributed by atoms with Gasteiger partial charge in [0.2, 0.25) is 0 Å². The number of fused-ring (bicyclic) bond motifs is 2. The predicted octanol–water partition coefficient (Wildman–Crippen LogP) is 2.46. The van der Waals surface area contributed by atoms with Crippen molar-refractivity contribution in [3.8, 4) is 0 Å². The molecule has 5 heteroatoms. The maximum atomic E-state index is 12.1. The van der Waals surface area contributed by atoms with Gasteiger partial charge in [0.25, 0.3) is 0 Å². The lowest BCUT2D eigenvalue weighted by Crippen LogP contribution is -2.29. The topological polar surface area (TPSA) is 60.6 Å². The zero-order valence-corrected chi connectivity index (χ0v) is 14.2. The Morgan fingerprint density at radius 1 is 1.04 bits per heavy atom.